The summed E-state index contributed by atoms with van der Waals surface area (Å²) < 4.78 is 0. The van der Waals surface area contributed by atoms with Crippen molar-refractivity contribution in [3.63, 3.8) is 0 Å². The average molecular weight is 378 g/mol. The number of amides is 1. The third-order valence-electron chi connectivity index (χ3n) is 4.90. The lowest BCUT2D eigenvalue weighted by molar-refractivity contribution is -0.131. The number of nitrogens with one attached hydrogen (secondary N) is 1. The van der Waals surface area contributed by atoms with E-state index in [1.165, 1.54) is 6.08 Å². The molecule has 1 aromatic heterocycles. The molecule has 0 spiro atoms. The fourth-order valence-electron chi connectivity index (χ4n) is 3.22. The van der Waals surface area contributed by atoms with Crippen molar-refractivity contribution in [1.82, 2.24) is 4.98 Å². The van der Waals surface area contributed by atoms with Crippen molar-refractivity contribution in [2.45, 2.75) is 26.2 Å². The zero-order valence-corrected chi connectivity index (χ0v) is 15.7. The van der Waals surface area contributed by atoms with Crippen molar-refractivity contribution in [3.05, 3.63) is 58.7 Å². The summed E-state index contributed by atoms with van der Waals surface area (Å²) in [4.78, 5) is 33.5. The number of rotatable bonds is 5. The van der Waals surface area contributed by atoms with Gasteiger partial charge in [0.1, 0.15) is 0 Å². The van der Waals surface area contributed by atoms with Crippen molar-refractivity contribution in [2.24, 2.45) is 5.92 Å². The molecule has 1 amide bonds. The maximum Gasteiger partial charge on any atom is 0.328 e. The molecule has 0 saturated carbocycles. The lowest BCUT2D eigenvalue weighted by Crippen LogP contribution is -2.34. The molecule has 1 aliphatic carbocycles. The molecular weight excluding hydrogens is 356 g/mol. The highest BCUT2D eigenvalue weighted by atomic mass is 16.4. The molecule has 3 rings (SSSR count). The molecule has 0 radical (unpaired) electrons. The van der Waals surface area contributed by atoms with Gasteiger partial charge in [-0.05, 0) is 49.5 Å². The van der Waals surface area contributed by atoms with Crippen molar-refractivity contribution < 1.29 is 14.7 Å². The minimum atomic E-state index is -1.04. The van der Waals surface area contributed by atoms with E-state index in [0.29, 0.717) is 40.8 Å². The molecule has 7 nitrogen and oxygen atoms in total. The minimum absolute atomic E-state index is 0.253. The number of allylic oxidation sites excluding steroid dienone is 2. The number of carboxylic acids is 1. The van der Waals surface area contributed by atoms with E-state index in [1.54, 1.807) is 24.3 Å². The van der Waals surface area contributed by atoms with E-state index in [4.69, 9.17) is 11.7 Å². The van der Waals surface area contributed by atoms with Gasteiger partial charge in [-0.25, -0.2) is 14.6 Å². The summed E-state index contributed by atoms with van der Waals surface area (Å²) in [5, 5.41) is 11.8. The van der Waals surface area contributed by atoms with Gasteiger partial charge in [0.05, 0.1) is 18.0 Å². The van der Waals surface area contributed by atoms with Crippen LogP contribution in [0, 0.1) is 12.5 Å². The van der Waals surface area contributed by atoms with Crippen LogP contribution in [0.25, 0.3) is 10.9 Å². The van der Waals surface area contributed by atoms with Gasteiger partial charge in [0.15, 0.2) is 11.5 Å². The molecule has 7 heteroatoms. The van der Waals surface area contributed by atoms with E-state index < -0.39 is 5.97 Å². The summed E-state index contributed by atoms with van der Waals surface area (Å²) in [5.74, 6) is -0.00291. The number of carbonyl (C=O) groups is 2. The summed E-state index contributed by atoms with van der Waals surface area (Å²) in [6.07, 6.45) is 8.32. The Hall–Kier alpha value is -3.40. The number of anilines is 2. The Morgan fingerprint density at radius 2 is 2.11 bits per heavy atom. The first kappa shape index (κ1) is 19.4. The molecule has 0 atom stereocenters. The lowest BCUT2D eigenvalue weighted by atomic mass is 9.99. The summed E-state index contributed by atoms with van der Waals surface area (Å²) in [5.41, 5.74) is 2.12. The number of piperidine rings is 1. The number of hydrogen-bond donors (Lipinski definition) is 2. The smallest absolute Gasteiger partial charge is 0.328 e. The van der Waals surface area contributed by atoms with Crippen LogP contribution < -0.4 is 10.2 Å². The van der Waals surface area contributed by atoms with Gasteiger partial charge in [-0.2, -0.15) is 0 Å². The first-order chi connectivity index (χ1) is 13.5. The first-order valence-electron chi connectivity index (χ1n) is 9.23. The molecule has 144 valence electrons. The average Bonchev–Trinajstić information content (AvgIpc) is 3.17. The fourth-order valence-corrected chi connectivity index (χ4v) is 3.22. The van der Waals surface area contributed by atoms with Crippen molar-refractivity contribution in [2.75, 3.05) is 23.3 Å². The first-order valence-corrected chi connectivity index (χ1v) is 9.23. The van der Waals surface area contributed by atoms with Crippen molar-refractivity contribution in [1.29, 1.82) is 0 Å². The van der Waals surface area contributed by atoms with Gasteiger partial charge in [0.25, 0.3) is 5.91 Å². The Labute approximate surface area is 163 Å². The Bertz CT molecular complexity index is 916. The Balaban J connectivity index is 1.85. The van der Waals surface area contributed by atoms with E-state index in [1.807, 2.05) is 0 Å². The Kier molecular flexibility index (Phi) is 5.90. The molecule has 0 bridgehead atoms. The second-order valence-corrected chi connectivity index (χ2v) is 7.02. The predicted molar refractivity (Wildman–Crippen MR) is 108 cm³/mol. The number of pyridine rings is 1. The van der Waals surface area contributed by atoms with E-state index in [-0.39, 0.29) is 5.91 Å². The molecule has 1 fully saturated rings. The standard InChI is InChI=1S/C21H22N4O3/c1-14-9-11-25(12-10-14)20-18(7-5-16(23-20)6-8-19(26)27)24-21(28)15-3-4-17(13-15)22-2/h4-8,13-14H,3,9-12H2,1H3,(H,24,28)(H,26,27)/b8-6+. The van der Waals surface area contributed by atoms with Crippen LogP contribution in [0.5, 0.6) is 0 Å². The Morgan fingerprint density at radius 1 is 1.36 bits per heavy atom. The normalized spacial score (nSPS) is 17.2. The Morgan fingerprint density at radius 3 is 2.75 bits per heavy atom. The molecule has 2 aliphatic rings. The van der Waals surface area contributed by atoms with E-state index in [9.17, 15) is 9.59 Å². The number of carboxylic acid groups (broad SMARTS) is 1. The summed E-state index contributed by atoms with van der Waals surface area (Å²) >= 11 is 0. The van der Waals surface area contributed by atoms with E-state index in [2.05, 4.69) is 27.0 Å². The number of carbonyl (C=O) groups excluding carboxylic acids is 1. The van der Waals surface area contributed by atoms with Crippen LogP contribution in [0.4, 0.5) is 11.5 Å². The minimum Gasteiger partial charge on any atom is -0.478 e. The molecule has 1 saturated heterocycles. The molecule has 28 heavy (non-hydrogen) atoms. The van der Waals surface area contributed by atoms with Crippen molar-refractivity contribution >= 4 is 29.5 Å². The van der Waals surface area contributed by atoms with Gasteiger partial charge >= 0.3 is 5.97 Å². The quantitative estimate of drug-likeness (QED) is 0.605. The molecule has 2 heterocycles. The fraction of sp³-hybridized carbons (Fsp3) is 0.333. The molecule has 2 N–H and O–H groups in total. The zero-order valence-electron chi connectivity index (χ0n) is 15.7. The summed E-state index contributed by atoms with van der Waals surface area (Å²) in [7, 11) is 0. The van der Waals surface area contributed by atoms with E-state index in [0.717, 1.165) is 32.0 Å². The van der Waals surface area contributed by atoms with Crippen LogP contribution in [0.3, 0.4) is 0 Å². The van der Waals surface area contributed by atoms with Gasteiger partial charge in [-0.1, -0.05) is 13.0 Å². The molecule has 1 aliphatic heterocycles. The summed E-state index contributed by atoms with van der Waals surface area (Å²) in [6.45, 7) is 10.9. The number of aliphatic carboxylic acids is 1. The highest BCUT2D eigenvalue weighted by Gasteiger charge is 2.22. The molecule has 0 unspecified atom stereocenters. The lowest BCUT2D eigenvalue weighted by Gasteiger charge is -2.32. The third kappa shape index (κ3) is 4.65. The van der Waals surface area contributed by atoms with Gasteiger partial charge in [-0.3, -0.25) is 4.79 Å². The largest absolute Gasteiger partial charge is 0.478 e. The van der Waals surface area contributed by atoms with Gasteiger partial charge in [-0.15, -0.1) is 0 Å². The maximum absolute atomic E-state index is 12.6. The van der Waals surface area contributed by atoms with Crippen LogP contribution in [0.2, 0.25) is 0 Å². The molecule has 0 aromatic carbocycles. The highest BCUT2D eigenvalue weighted by Crippen LogP contribution is 2.30. The molecular formula is C21H22N4O3. The second-order valence-electron chi connectivity index (χ2n) is 7.02. The molecule has 1 aromatic rings. The van der Waals surface area contributed by atoms with Crippen LogP contribution in [0.15, 0.2) is 41.6 Å². The van der Waals surface area contributed by atoms with Crippen LogP contribution in [-0.2, 0) is 9.59 Å². The van der Waals surface area contributed by atoms with Crippen LogP contribution in [-0.4, -0.2) is 35.1 Å². The predicted octanol–water partition coefficient (Wildman–Crippen LogP) is 3.49. The van der Waals surface area contributed by atoms with Gasteiger partial charge in [0.2, 0.25) is 0 Å². The third-order valence-corrected chi connectivity index (χ3v) is 4.90. The number of hydrogen-bond acceptors (Lipinski definition) is 4. The highest BCUT2D eigenvalue weighted by molar-refractivity contribution is 6.06. The van der Waals surface area contributed by atoms with Gasteiger partial charge in [0, 0.05) is 24.7 Å². The topological polar surface area (TPSA) is 86.9 Å². The number of aromatic nitrogens is 1. The number of nitrogens with zero attached hydrogens (tertiary/aromatic N) is 3. The monoisotopic (exact) mass is 378 g/mol. The zero-order chi connectivity index (χ0) is 20.1. The van der Waals surface area contributed by atoms with Crippen LogP contribution >= 0.6 is 0 Å². The summed E-state index contributed by atoms with van der Waals surface area (Å²) in [6, 6.07) is 3.43. The van der Waals surface area contributed by atoms with Gasteiger partial charge < -0.3 is 15.3 Å². The van der Waals surface area contributed by atoms with Crippen LogP contribution in [0.1, 0.15) is 31.9 Å². The van der Waals surface area contributed by atoms with Crippen molar-refractivity contribution in [3.8, 4) is 0 Å². The SMILES string of the molecule is [C-]#[N+]C1=CCC(C(=O)Nc2ccc(/C=C/C(=O)O)nc2N2CCC(C)CC2)=C1. The maximum atomic E-state index is 12.6. The second kappa shape index (κ2) is 8.53. The van der Waals surface area contributed by atoms with E-state index >= 15 is 0 Å².